The molecule has 2 aromatic heterocycles. The van der Waals surface area contributed by atoms with Gasteiger partial charge in [-0.15, -0.1) is 0 Å². The monoisotopic (exact) mass is 378 g/mol. The third kappa shape index (κ3) is 4.19. The first-order chi connectivity index (χ1) is 13.5. The predicted molar refractivity (Wildman–Crippen MR) is 115 cm³/mol. The maximum atomic E-state index is 13.0. The number of hydrogen-bond acceptors (Lipinski definition) is 5. The van der Waals surface area contributed by atoms with E-state index in [1.165, 1.54) is 0 Å². The van der Waals surface area contributed by atoms with Crippen LogP contribution in [0.2, 0.25) is 0 Å². The molecule has 0 spiro atoms. The van der Waals surface area contributed by atoms with Crippen LogP contribution in [0.1, 0.15) is 26.0 Å². The molecule has 2 aromatic rings. The molecule has 3 rings (SSSR count). The van der Waals surface area contributed by atoms with Gasteiger partial charge in [-0.25, -0.2) is 14.8 Å². The van der Waals surface area contributed by atoms with E-state index in [-0.39, 0.29) is 6.03 Å². The lowest BCUT2D eigenvalue weighted by molar-refractivity contribution is 0.256. The van der Waals surface area contributed by atoms with Crippen LogP contribution in [0.4, 0.5) is 22.1 Å². The van der Waals surface area contributed by atoms with E-state index in [9.17, 15) is 4.79 Å². The maximum Gasteiger partial charge on any atom is 0.328 e. The van der Waals surface area contributed by atoms with Gasteiger partial charge < -0.3 is 4.90 Å². The summed E-state index contributed by atoms with van der Waals surface area (Å²) in [5.41, 5.74) is 3.81. The Morgan fingerprint density at radius 2 is 2.04 bits per heavy atom. The summed E-state index contributed by atoms with van der Waals surface area (Å²) in [4.78, 5) is 30.0. The number of allylic oxidation sites excluding steroid dienone is 2. The summed E-state index contributed by atoms with van der Waals surface area (Å²) in [5.74, 6) is 1.17. The molecular weight excluding hydrogens is 352 g/mol. The van der Waals surface area contributed by atoms with Crippen LogP contribution in [0.3, 0.4) is 0 Å². The molecule has 0 radical (unpaired) electrons. The molecule has 7 heteroatoms. The van der Waals surface area contributed by atoms with Gasteiger partial charge in [0.05, 0.1) is 11.4 Å². The average molecular weight is 378 g/mol. The van der Waals surface area contributed by atoms with Crippen molar-refractivity contribution in [1.29, 1.82) is 0 Å². The number of amides is 2. The Morgan fingerprint density at radius 3 is 2.71 bits per heavy atom. The number of pyridine rings is 2. The molecule has 7 nitrogen and oxygen atoms in total. The van der Waals surface area contributed by atoms with Crippen molar-refractivity contribution in [3.63, 3.8) is 0 Å². The zero-order valence-electron chi connectivity index (χ0n) is 16.8. The highest BCUT2D eigenvalue weighted by molar-refractivity contribution is 6.10. The maximum absolute atomic E-state index is 13.0. The number of carbonyl (C=O) groups is 1. The Bertz CT molecular complexity index is 902. The molecule has 28 heavy (non-hydrogen) atoms. The smallest absolute Gasteiger partial charge is 0.328 e. The van der Waals surface area contributed by atoms with E-state index in [0.717, 1.165) is 35.5 Å². The van der Waals surface area contributed by atoms with Gasteiger partial charge in [-0.2, -0.15) is 0 Å². The van der Waals surface area contributed by atoms with Crippen LogP contribution < -0.4 is 15.1 Å². The van der Waals surface area contributed by atoms with Crippen molar-refractivity contribution >= 4 is 35.1 Å². The Labute approximate surface area is 165 Å². The lowest BCUT2D eigenvalue weighted by Gasteiger charge is -2.24. The normalized spacial score (nSPS) is 13.9. The number of hydrogen-bond donors (Lipinski definition) is 1. The first-order valence-corrected chi connectivity index (χ1v) is 9.33. The lowest BCUT2D eigenvalue weighted by Crippen LogP contribution is -2.36. The third-order valence-corrected chi connectivity index (χ3v) is 4.61. The summed E-state index contributed by atoms with van der Waals surface area (Å²) in [7, 11) is 3.77. The number of anilines is 3. The first kappa shape index (κ1) is 19.5. The van der Waals surface area contributed by atoms with Gasteiger partial charge in [-0.05, 0) is 44.5 Å². The quantitative estimate of drug-likeness (QED) is 0.824. The Hall–Kier alpha value is -3.22. The van der Waals surface area contributed by atoms with Crippen molar-refractivity contribution in [2.24, 2.45) is 4.99 Å². The number of fused-ring (bicyclic) bond motifs is 1. The molecule has 1 aliphatic heterocycles. The number of carbonyl (C=O) groups excluding carboxylic acids is 1. The minimum absolute atomic E-state index is 0.234. The molecule has 0 saturated carbocycles. The van der Waals surface area contributed by atoms with Gasteiger partial charge in [0.25, 0.3) is 0 Å². The van der Waals surface area contributed by atoms with Gasteiger partial charge in [0.15, 0.2) is 5.82 Å². The molecule has 0 unspecified atom stereocenters. The van der Waals surface area contributed by atoms with Gasteiger partial charge in [0.1, 0.15) is 5.82 Å². The second kappa shape index (κ2) is 8.65. The van der Waals surface area contributed by atoms with Gasteiger partial charge in [0.2, 0.25) is 0 Å². The Balaban J connectivity index is 2.02. The molecule has 0 bridgehead atoms. The summed E-state index contributed by atoms with van der Waals surface area (Å²) >= 11 is 0. The van der Waals surface area contributed by atoms with E-state index in [0.29, 0.717) is 18.2 Å². The van der Waals surface area contributed by atoms with Crippen molar-refractivity contribution in [2.45, 2.75) is 20.3 Å². The molecule has 2 amide bonds. The highest BCUT2D eigenvalue weighted by Gasteiger charge is 2.26. The summed E-state index contributed by atoms with van der Waals surface area (Å²) in [6.07, 6.45) is 4.31. The molecular formula is C21H26N6O. The van der Waals surface area contributed by atoms with E-state index >= 15 is 0 Å². The summed E-state index contributed by atoms with van der Waals surface area (Å²) in [6.45, 7) is 5.50. The summed E-state index contributed by atoms with van der Waals surface area (Å²) in [5, 5.41) is 2.87. The molecule has 1 N–H and O–H groups in total. The lowest BCUT2D eigenvalue weighted by atomic mass is 10.1. The Morgan fingerprint density at radius 1 is 1.21 bits per heavy atom. The zero-order valence-corrected chi connectivity index (χ0v) is 16.8. The molecule has 0 atom stereocenters. The first-order valence-electron chi connectivity index (χ1n) is 9.33. The fourth-order valence-electron chi connectivity index (χ4n) is 3.17. The van der Waals surface area contributed by atoms with Crippen LogP contribution in [-0.4, -0.2) is 49.4 Å². The fraction of sp³-hybridized carbons (Fsp3) is 0.333. The second-order valence-corrected chi connectivity index (χ2v) is 6.91. The molecule has 0 aromatic carbocycles. The Kier molecular flexibility index (Phi) is 6.03. The van der Waals surface area contributed by atoms with Crippen molar-refractivity contribution in [3.8, 4) is 0 Å². The number of nitrogens with zero attached hydrogens (tertiary/aromatic N) is 5. The largest absolute Gasteiger partial charge is 0.372 e. The minimum atomic E-state index is -0.234. The fourth-order valence-corrected chi connectivity index (χ4v) is 3.17. The zero-order chi connectivity index (χ0) is 20.1. The molecule has 0 aliphatic carbocycles. The third-order valence-electron chi connectivity index (χ3n) is 4.61. The van der Waals surface area contributed by atoms with Gasteiger partial charge >= 0.3 is 6.03 Å². The number of nitrogens with one attached hydrogen (secondary N) is 1. The van der Waals surface area contributed by atoms with Crippen molar-refractivity contribution in [3.05, 3.63) is 47.8 Å². The SMILES string of the molecule is C/N=C\C(=C(C)C)c1ccc2c(n1)N(C(=O)Nc1ccccn1)CCCN2C. The number of rotatable bonds is 3. The van der Waals surface area contributed by atoms with Crippen LogP contribution >= 0.6 is 0 Å². The average Bonchev–Trinajstić information content (AvgIpc) is 2.85. The van der Waals surface area contributed by atoms with E-state index in [2.05, 4.69) is 20.2 Å². The summed E-state index contributed by atoms with van der Waals surface area (Å²) < 4.78 is 0. The topological polar surface area (TPSA) is 73.7 Å². The van der Waals surface area contributed by atoms with Crippen molar-refractivity contribution in [2.75, 3.05) is 42.3 Å². The number of aliphatic imine (C=N–C) groups is 1. The van der Waals surface area contributed by atoms with Crippen LogP contribution in [0.25, 0.3) is 5.57 Å². The van der Waals surface area contributed by atoms with Gasteiger partial charge in [-0.1, -0.05) is 11.6 Å². The highest BCUT2D eigenvalue weighted by Crippen LogP contribution is 2.32. The van der Waals surface area contributed by atoms with Crippen LogP contribution in [0.5, 0.6) is 0 Å². The standard InChI is InChI=1S/C21H26N6O/c1-15(2)16(14-22-3)17-9-10-18-20(24-17)27(13-7-12-26(18)4)21(28)25-19-8-5-6-11-23-19/h5-6,8-11,14H,7,12-13H2,1-4H3,(H,23,25,28)/b22-14-. The van der Waals surface area contributed by atoms with Gasteiger partial charge in [-0.3, -0.25) is 15.2 Å². The number of aromatic nitrogens is 2. The van der Waals surface area contributed by atoms with Crippen molar-refractivity contribution < 1.29 is 4.79 Å². The van der Waals surface area contributed by atoms with Crippen LogP contribution in [-0.2, 0) is 0 Å². The number of urea groups is 1. The molecule has 1 aliphatic rings. The van der Waals surface area contributed by atoms with Crippen molar-refractivity contribution in [1.82, 2.24) is 9.97 Å². The summed E-state index contributed by atoms with van der Waals surface area (Å²) in [6, 6.07) is 9.20. The van der Waals surface area contributed by atoms with E-state index in [4.69, 9.17) is 4.98 Å². The van der Waals surface area contributed by atoms with E-state index < -0.39 is 0 Å². The van der Waals surface area contributed by atoms with Crippen LogP contribution in [0.15, 0.2) is 47.1 Å². The van der Waals surface area contributed by atoms with E-state index in [1.54, 1.807) is 24.2 Å². The molecule has 3 heterocycles. The molecule has 0 saturated heterocycles. The second-order valence-electron chi connectivity index (χ2n) is 6.91. The van der Waals surface area contributed by atoms with E-state index in [1.807, 2.05) is 51.4 Å². The van der Waals surface area contributed by atoms with Crippen LogP contribution in [0, 0.1) is 0 Å². The highest BCUT2D eigenvalue weighted by atomic mass is 16.2. The predicted octanol–water partition coefficient (Wildman–Crippen LogP) is 3.85. The minimum Gasteiger partial charge on any atom is -0.372 e. The van der Waals surface area contributed by atoms with Gasteiger partial charge in [0, 0.05) is 45.2 Å². The molecule has 146 valence electrons. The molecule has 0 fully saturated rings.